The summed E-state index contributed by atoms with van der Waals surface area (Å²) in [5, 5.41) is 0. The SMILES string of the molecule is COC(=O)[C@]12CCC[C@H]1CN(C(=O)c1cccnc1)C2. The molecule has 2 fully saturated rings. The van der Waals surface area contributed by atoms with Gasteiger partial charge in [0.25, 0.3) is 5.91 Å². The number of carbonyl (C=O) groups is 2. The molecule has 20 heavy (non-hydrogen) atoms. The summed E-state index contributed by atoms with van der Waals surface area (Å²) < 4.78 is 4.98. The van der Waals surface area contributed by atoms with E-state index in [1.807, 2.05) is 0 Å². The summed E-state index contributed by atoms with van der Waals surface area (Å²) >= 11 is 0. The lowest BCUT2D eigenvalue weighted by Crippen LogP contribution is -2.38. The van der Waals surface area contributed by atoms with Crippen LogP contribution in [0.2, 0.25) is 0 Å². The van der Waals surface area contributed by atoms with Gasteiger partial charge in [0.05, 0.1) is 18.1 Å². The van der Waals surface area contributed by atoms with Crippen LogP contribution in [0.5, 0.6) is 0 Å². The highest BCUT2D eigenvalue weighted by molar-refractivity contribution is 5.95. The lowest BCUT2D eigenvalue weighted by molar-refractivity contribution is -0.153. The number of carbonyl (C=O) groups excluding carboxylic acids is 2. The van der Waals surface area contributed by atoms with Gasteiger partial charge in [-0.25, -0.2) is 0 Å². The van der Waals surface area contributed by atoms with Crippen LogP contribution in [0.1, 0.15) is 29.6 Å². The Morgan fingerprint density at radius 1 is 1.50 bits per heavy atom. The Morgan fingerprint density at radius 2 is 2.35 bits per heavy atom. The van der Waals surface area contributed by atoms with Crippen LogP contribution < -0.4 is 0 Å². The molecule has 1 aromatic rings. The smallest absolute Gasteiger partial charge is 0.313 e. The minimum absolute atomic E-state index is 0.0456. The largest absolute Gasteiger partial charge is 0.469 e. The van der Waals surface area contributed by atoms with Crippen molar-refractivity contribution in [2.24, 2.45) is 11.3 Å². The molecule has 0 N–H and O–H groups in total. The third kappa shape index (κ3) is 1.88. The zero-order valence-electron chi connectivity index (χ0n) is 11.5. The minimum Gasteiger partial charge on any atom is -0.469 e. The molecule has 1 aliphatic carbocycles. The Labute approximate surface area is 117 Å². The fourth-order valence-electron chi connectivity index (χ4n) is 3.65. The topological polar surface area (TPSA) is 59.5 Å². The molecule has 0 aromatic carbocycles. The number of esters is 1. The molecular formula is C15H18N2O3. The van der Waals surface area contributed by atoms with E-state index in [9.17, 15) is 9.59 Å². The average molecular weight is 274 g/mol. The highest BCUT2D eigenvalue weighted by atomic mass is 16.5. The van der Waals surface area contributed by atoms with Crippen molar-refractivity contribution in [3.63, 3.8) is 0 Å². The van der Waals surface area contributed by atoms with Crippen LogP contribution in [0, 0.1) is 11.3 Å². The second-order valence-electron chi connectivity index (χ2n) is 5.66. The third-order valence-electron chi connectivity index (χ3n) is 4.66. The van der Waals surface area contributed by atoms with Gasteiger partial charge >= 0.3 is 5.97 Å². The molecule has 5 nitrogen and oxygen atoms in total. The predicted molar refractivity (Wildman–Crippen MR) is 71.9 cm³/mol. The summed E-state index contributed by atoms with van der Waals surface area (Å²) in [5.41, 5.74) is 0.0968. The predicted octanol–water partition coefficient (Wildman–Crippen LogP) is 1.50. The van der Waals surface area contributed by atoms with Crippen LogP contribution in [0.4, 0.5) is 0 Å². The monoisotopic (exact) mass is 274 g/mol. The van der Waals surface area contributed by atoms with E-state index in [4.69, 9.17) is 4.74 Å². The molecule has 1 saturated carbocycles. The number of aromatic nitrogens is 1. The molecule has 1 aliphatic heterocycles. The molecule has 2 aliphatic rings. The van der Waals surface area contributed by atoms with Crippen molar-refractivity contribution in [2.45, 2.75) is 19.3 Å². The van der Waals surface area contributed by atoms with E-state index in [2.05, 4.69) is 4.98 Å². The molecule has 0 unspecified atom stereocenters. The number of pyridine rings is 1. The summed E-state index contributed by atoms with van der Waals surface area (Å²) in [4.78, 5) is 30.4. The third-order valence-corrected chi connectivity index (χ3v) is 4.66. The maximum absolute atomic E-state index is 12.5. The summed E-state index contributed by atoms with van der Waals surface area (Å²) in [6.45, 7) is 1.11. The number of fused-ring (bicyclic) bond motifs is 1. The van der Waals surface area contributed by atoms with Gasteiger partial charge in [0.2, 0.25) is 0 Å². The van der Waals surface area contributed by atoms with Crippen LogP contribution in [0.15, 0.2) is 24.5 Å². The maximum atomic E-state index is 12.5. The van der Waals surface area contributed by atoms with Crippen molar-refractivity contribution in [3.05, 3.63) is 30.1 Å². The zero-order valence-corrected chi connectivity index (χ0v) is 11.5. The van der Waals surface area contributed by atoms with Gasteiger partial charge in [0.15, 0.2) is 0 Å². The molecule has 106 valence electrons. The number of nitrogens with zero attached hydrogens (tertiary/aromatic N) is 2. The number of ether oxygens (including phenoxy) is 1. The van der Waals surface area contributed by atoms with E-state index in [1.54, 1.807) is 29.4 Å². The van der Waals surface area contributed by atoms with E-state index < -0.39 is 5.41 Å². The normalized spacial score (nSPS) is 28.2. The van der Waals surface area contributed by atoms with Crippen LogP contribution >= 0.6 is 0 Å². The first-order valence-corrected chi connectivity index (χ1v) is 6.95. The average Bonchev–Trinajstić information content (AvgIpc) is 3.04. The van der Waals surface area contributed by atoms with Crippen molar-refractivity contribution in [2.75, 3.05) is 20.2 Å². The summed E-state index contributed by atoms with van der Waals surface area (Å²) in [7, 11) is 1.43. The summed E-state index contributed by atoms with van der Waals surface area (Å²) in [6, 6.07) is 3.51. The Morgan fingerprint density at radius 3 is 3.05 bits per heavy atom. The summed E-state index contributed by atoms with van der Waals surface area (Å²) in [5.74, 6) is 0.0211. The second-order valence-corrected chi connectivity index (χ2v) is 5.66. The number of likely N-dealkylation sites (tertiary alicyclic amines) is 1. The van der Waals surface area contributed by atoms with Gasteiger partial charge in [0, 0.05) is 25.5 Å². The molecule has 3 rings (SSSR count). The minimum atomic E-state index is -0.480. The standard InChI is InChI=1S/C15H18N2O3/c1-20-14(19)15-6-2-5-12(15)9-17(10-15)13(18)11-4-3-7-16-8-11/h3-4,7-8,12H,2,5-6,9-10H2,1H3/t12-,15-/m0/s1. The molecular weight excluding hydrogens is 256 g/mol. The second kappa shape index (κ2) is 4.89. The van der Waals surface area contributed by atoms with E-state index in [1.165, 1.54) is 7.11 Å². The molecule has 5 heteroatoms. The molecule has 1 saturated heterocycles. The number of amides is 1. The summed E-state index contributed by atoms with van der Waals surface area (Å²) in [6.07, 6.45) is 6.06. The molecule has 1 amide bonds. The van der Waals surface area contributed by atoms with Crippen molar-refractivity contribution in [1.82, 2.24) is 9.88 Å². The number of methoxy groups -OCH3 is 1. The molecule has 0 spiro atoms. The van der Waals surface area contributed by atoms with E-state index in [0.717, 1.165) is 19.3 Å². The lowest BCUT2D eigenvalue weighted by atomic mass is 9.81. The van der Waals surface area contributed by atoms with Gasteiger partial charge in [0.1, 0.15) is 0 Å². The van der Waals surface area contributed by atoms with E-state index >= 15 is 0 Å². The highest BCUT2D eigenvalue weighted by Crippen LogP contribution is 2.49. The van der Waals surface area contributed by atoms with Gasteiger partial charge in [-0.05, 0) is 30.9 Å². The van der Waals surface area contributed by atoms with Gasteiger partial charge in [-0.15, -0.1) is 0 Å². The molecule has 0 bridgehead atoms. The van der Waals surface area contributed by atoms with Gasteiger partial charge in [-0.3, -0.25) is 14.6 Å². The van der Waals surface area contributed by atoms with E-state index in [0.29, 0.717) is 18.7 Å². The number of rotatable bonds is 2. The van der Waals surface area contributed by atoms with Crippen LogP contribution in [0.3, 0.4) is 0 Å². The Hall–Kier alpha value is -1.91. The Balaban J connectivity index is 1.82. The van der Waals surface area contributed by atoms with Crippen LogP contribution in [-0.4, -0.2) is 42.0 Å². The fraction of sp³-hybridized carbons (Fsp3) is 0.533. The first-order valence-electron chi connectivity index (χ1n) is 6.95. The highest BCUT2D eigenvalue weighted by Gasteiger charge is 2.56. The van der Waals surface area contributed by atoms with Crippen molar-refractivity contribution in [3.8, 4) is 0 Å². The van der Waals surface area contributed by atoms with Crippen LogP contribution in [-0.2, 0) is 9.53 Å². The fourth-order valence-corrected chi connectivity index (χ4v) is 3.65. The molecule has 1 aromatic heterocycles. The van der Waals surface area contributed by atoms with Crippen LogP contribution in [0.25, 0.3) is 0 Å². The lowest BCUT2D eigenvalue weighted by Gasteiger charge is -2.25. The van der Waals surface area contributed by atoms with Crippen molar-refractivity contribution in [1.29, 1.82) is 0 Å². The van der Waals surface area contributed by atoms with Crippen molar-refractivity contribution >= 4 is 11.9 Å². The van der Waals surface area contributed by atoms with Gasteiger partial charge in [-0.1, -0.05) is 6.42 Å². The quantitative estimate of drug-likeness (QED) is 0.767. The Bertz CT molecular complexity index is 531. The first-order chi connectivity index (χ1) is 9.67. The zero-order chi connectivity index (χ0) is 14.2. The Kier molecular flexibility index (Phi) is 3.20. The maximum Gasteiger partial charge on any atom is 0.313 e. The van der Waals surface area contributed by atoms with E-state index in [-0.39, 0.29) is 17.8 Å². The molecule has 0 radical (unpaired) electrons. The molecule has 2 heterocycles. The van der Waals surface area contributed by atoms with Gasteiger partial charge in [-0.2, -0.15) is 0 Å². The molecule has 2 atom stereocenters. The first kappa shape index (κ1) is 13.1. The van der Waals surface area contributed by atoms with Gasteiger partial charge < -0.3 is 9.64 Å². The van der Waals surface area contributed by atoms with Crippen molar-refractivity contribution < 1.29 is 14.3 Å². The number of hydrogen-bond donors (Lipinski definition) is 0. The number of hydrogen-bond acceptors (Lipinski definition) is 4.